The molecule has 0 radical (unpaired) electrons. The van der Waals surface area contributed by atoms with Crippen LogP contribution < -0.4 is 10.5 Å². The largest absolute Gasteiger partial charge is 0.491 e. The van der Waals surface area contributed by atoms with Crippen LogP contribution in [0.3, 0.4) is 0 Å². The Balaban J connectivity index is 1.60. The minimum absolute atomic E-state index is 0.0413. The number of rotatable bonds is 6. The molecule has 124 valence electrons. The highest BCUT2D eigenvalue weighted by molar-refractivity contribution is 5.88. The molecule has 1 aromatic carbocycles. The van der Waals surface area contributed by atoms with Crippen molar-refractivity contribution in [3.63, 3.8) is 0 Å². The Morgan fingerprint density at radius 1 is 1.50 bits per heavy atom. The number of ether oxygens (including phenoxy) is 1. The lowest BCUT2D eigenvalue weighted by molar-refractivity contribution is 0.0987. The van der Waals surface area contributed by atoms with Crippen molar-refractivity contribution in [2.24, 2.45) is 5.73 Å². The fourth-order valence-electron chi connectivity index (χ4n) is 2.80. The Morgan fingerprint density at radius 3 is 3.08 bits per heavy atom. The highest BCUT2D eigenvalue weighted by Gasteiger charge is 2.31. The number of carbonyl (C=O) groups excluding carboxylic acids is 1. The Kier molecular flexibility index (Phi) is 4.72. The van der Waals surface area contributed by atoms with E-state index in [4.69, 9.17) is 20.3 Å². The number of benzene rings is 1. The van der Waals surface area contributed by atoms with Gasteiger partial charge in [0.1, 0.15) is 18.4 Å². The third-order valence-corrected chi connectivity index (χ3v) is 3.95. The molecule has 0 bridgehead atoms. The molecule has 2 heterocycles. The van der Waals surface area contributed by atoms with Crippen LogP contribution in [-0.4, -0.2) is 40.6 Å². The van der Waals surface area contributed by atoms with Crippen LogP contribution in [0.25, 0.3) is 0 Å². The van der Waals surface area contributed by atoms with Gasteiger partial charge in [-0.15, -0.1) is 0 Å². The molecule has 1 atom stereocenters. The molecule has 1 unspecified atom stereocenters. The lowest BCUT2D eigenvalue weighted by atomic mass is 10.2. The first kappa shape index (κ1) is 16.0. The van der Waals surface area contributed by atoms with Crippen molar-refractivity contribution in [3.8, 4) is 11.8 Å². The maximum absolute atomic E-state index is 11.1. The zero-order valence-electron chi connectivity index (χ0n) is 13.0. The van der Waals surface area contributed by atoms with Crippen molar-refractivity contribution in [2.45, 2.75) is 18.9 Å². The first-order chi connectivity index (χ1) is 11.7. The van der Waals surface area contributed by atoms with E-state index >= 15 is 0 Å². The van der Waals surface area contributed by atoms with Crippen LogP contribution in [0, 0.1) is 11.3 Å². The van der Waals surface area contributed by atoms with Gasteiger partial charge in [0.25, 0.3) is 11.7 Å². The molecule has 0 aliphatic carbocycles. The number of nitrogens with zero attached hydrogens (tertiary/aromatic N) is 4. The monoisotopic (exact) mass is 327 g/mol. The van der Waals surface area contributed by atoms with E-state index in [1.165, 1.54) is 0 Å². The predicted octanol–water partition coefficient (Wildman–Crippen LogP) is 1.26. The highest BCUT2D eigenvalue weighted by atomic mass is 16.5. The zero-order chi connectivity index (χ0) is 16.9. The van der Waals surface area contributed by atoms with Gasteiger partial charge in [-0.2, -0.15) is 10.2 Å². The SMILES string of the molecule is N#Cc1ccccc1OCCN1CCCC1c1nc(C(N)=O)no1. The summed E-state index contributed by atoms with van der Waals surface area (Å²) in [7, 11) is 0. The van der Waals surface area contributed by atoms with E-state index in [1.54, 1.807) is 18.2 Å². The van der Waals surface area contributed by atoms with E-state index in [0.717, 1.165) is 19.4 Å². The average molecular weight is 327 g/mol. The third kappa shape index (κ3) is 3.36. The van der Waals surface area contributed by atoms with Crippen molar-refractivity contribution in [1.29, 1.82) is 5.26 Å². The van der Waals surface area contributed by atoms with Gasteiger partial charge in [-0.05, 0) is 31.5 Å². The van der Waals surface area contributed by atoms with Crippen LogP contribution in [0.2, 0.25) is 0 Å². The Morgan fingerprint density at radius 2 is 2.33 bits per heavy atom. The van der Waals surface area contributed by atoms with E-state index in [-0.39, 0.29) is 11.9 Å². The molecule has 8 nitrogen and oxygen atoms in total. The molecule has 0 spiro atoms. The van der Waals surface area contributed by atoms with Crippen LogP contribution in [0.5, 0.6) is 5.75 Å². The van der Waals surface area contributed by atoms with Crippen LogP contribution in [-0.2, 0) is 0 Å². The molecule has 1 aliphatic rings. The van der Waals surface area contributed by atoms with E-state index in [2.05, 4.69) is 21.1 Å². The number of amides is 1. The van der Waals surface area contributed by atoms with Crippen LogP contribution >= 0.6 is 0 Å². The first-order valence-electron chi connectivity index (χ1n) is 7.68. The molecule has 8 heteroatoms. The first-order valence-corrected chi connectivity index (χ1v) is 7.68. The predicted molar refractivity (Wildman–Crippen MR) is 83.0 cm³/mol. The van der Waals surface area contributed by atoms with E-state index in [0.29, 0.717) is 30.4 Å². The van der Waals surface area contributed by atoms with Crippen LogP contribution in [0.4, 0.5) is 0 Å². The Hall–Kier alpha value is -2.92. The van der Waals surface area contributed by atoms with Gasteiger partial charge in [-0.25, -0.2) is 0 Å². The summed E-state index contributed by atoms with van der Waals surface area (Å²) in [5.41, 5.74) is 5.66. The maximum Gasteiger partial charge on any atom is 0.290 e. The summed E-state index contributed by atoms with van der Waals surface area (Å²) in [6.45, 7) is 1.97. The molecule has 24 heavy (non-hydrogen) atoms. The molecule has 0 saturated carbocycles. The normalized spacial score (nSPS) is 17.5. The van der Waals surface area contributed by atoms with Gasteiger partial charge in [0.2, 0.25) is 5.89 Å². The summed E-state index contributed by atoms with van der Waals surface area (Å²) in [6, 6.07) is 9.19. The average Bonchev–Trinajstić information content (AvgIpc) is 3.24. The van der Waals surface area contributed by atoms with Gasteiger partial charge in [0.15, 0.2) is 0 Å². The Bertz CT molecular complexity index is 767. The number of aromatic nitrogens is 2. The lowest BCUT2D eigenvalue weighted by Gasteiger charge is -2.21. The smallest absolute Gasteiger partial charge is 0.290 e. The van der Waals surface area contributed by atoms with Gasteiger partial charge in [0.05, 0.1) is 11.6 Å². The fourth-order valence-corrected chi connectivity index (χ4v) is 2.80. The molecule has 3 rings (SSSR count). The quantitative estimate of drug-likeness (QED) is 0.848. The van der Waals surface area contributed by atoms with Crippen molar-refractivity contribution in [1.82, 2.24) is 15.0 Å². The highest BCUT2D eigenvalue weighted by Crippen LogP contribution is 2.30. The third-order valence-electron chi connectivity index (χ3n) is 3.95. The molecule has 1 aromatic heterocycles. The number of nitriles is 1. The Labute approximate surface area is 138 Å². The number of likely N-dealkylation sites (tertiary alicyclic amines) is 1. The second-order valence-corrected chi connectivity index (χ2v) is 5.47. The second-order valence-electron chi connectivity index (χ2n) is 5.47. The number of primary amides is 1. The lowest BCUT2D eigenvalue weighted by Crippen LogP contribution is -2.28. The van der Waals surface area contributed by atoms with Crippen molar-refractivity contribution in [2.75, 3.05) is 19.7 Å². The van der Waals surface area contributed by atoms with Gasteiger partial charge in [0, 0.05) is 6.54 Å². The van der Waals surface area contributed by atoms with Gasteiger partial charge in [-0.1, -0.05) is 17.3 Å². The van der Waals surface area contributed by atoms with Gasteiger partial charge < -0.3 is 15.0 Å². The standard InChI is InChI=1S/C16H17N5O3/c17-10-11-4-1-2-6-13(11)23-9-8-21-7-3-5-12(21)16-19-15(14(18)22)20-24-16/h1-2,4,6,12H,3,5,7-9H2,(H2,18,22). The zero-order valence-corrected chi connectivity index (χ0v) is 13.0. The van der Waals surface area contributed by atoms with Crippen molar-refractivity contribution in [3.05, 3.63) is 41.5 Å². The summed E-state index contributed by atoms with van der Waals surface area (Å²) in [5.74, 6) is 0.172. The van der Waals surface area contributed by atoms with E-state index < -0.39 is 5.91 Å². The summed E-state index contributed by atoms with van der Waals surface area (Å²) in [6.07, 6.45) is 1.86. The van der Waals surface area contributed by atoms with Crippen LogP contribution in [0.1, 0.15) is 41.0 Å². The second kappa shape index (κ2) is 7.10. The van der Waals surface area contributed by atoms with Gasteiger partial charge >= 0.3 is 0 Å². The number of nitrogens with two attached hydrogens (primary N) is 1. The summed E-state index contributed by atoms with van der Waals surface area (Å²) >= 11 is 0. The topological polar surface area (TPSA) is 118 Å². The van der Waals surface area contributed by atoms with Gasteiger partial charge in [-0.3, -0.25) is 9.69 Å². The van der Waals surface area contributed by atoms with Crippen molar-refractivity contribution >= 4 is 5.91 Å². The minimum atomic E-state index is -0.703. The molecule has 1 aliphatic heterocycles. The molecule has 2 aromatic rings. The fraction of sp³-hybridized carbons (Fsp3) is 0.375. The van der Waals surface area contributed by atoms with E-state index in [1.807, 2.05) is 6.07 Å². The molecular formula is C16H17N5O3. The summed E-state index contributed by atoms with van der Waals surface area (Å²) in [4.78, 5) is 17.3. The number of carbonyl (C=O) groups is 1. The minimum Gasteiger partial charge on any atom is -0.491 e. The molecule has 1 amide bonds. The van der Waals surface area contributed by atoms with E-state index in [9.17, 15) is 4.79 Å². The molecular weight excluding hydrogens is 310 g/mol. The molecule has 2 N–H and O–H groups in total. The summed E-state index contributed by atoms with van der Waals surface area (Å²) < 4.78 is 10.9. The van der Waals surface area contributed by atoms with Crippen LogP contribution in [0.15, 0.2) is 28.8 Å². The molecule has 1 fully saturated rings. The number of para-hydroxylation sites is 1. The number of hydrogen-bond donors (Lipinski definition) is 1. The maximum atomic E-state index is 11.1. The van der Waals surface area contributed by atoms with Crippen molar-refractivity contribution < 1.29 is 14.1 Å². The number of hydrogen-bond acceptors (Lipinski definition) is 7. The summed E-state index contributed by atoms with van der Waals surface area (Å²) in [5, 5.41) is 12.7. The molecule has 1 saturated heterocycles.